The van der Waals surface area contributed by atoms with Gasteiger partial charge in [0, 0.05) is 24.2 Å². The third-order valence-corrected chi connectivity index (χ3v) is 3.97. The Morgan fingerprint density at radius 1 is 0.920 bits per heavy atom. The summed E-state index contributed by atoms with van der Waals surface area (Å²) in [5.74, 6) is 0.506. The van der Waals surface area contributed by atoms with Gasteiger partial charge in [0.15, 0.2) is 0 Å². The molecule has 1 aromatic heterocycles. The van der Waals surface area contributed by atoms with E-state index in [1.807, 2.05) is 24.3 Å². The molecule has 0 saturated carbocycles. The van der Waals surface area contributed by atoms with Crippen molar-refractivity contribution in [3.63, 3.8) is 0 Å². The summed E-state index contributed by atoms with van der Waals surface area (Å²) in [5, 5.41) is 11.4. The van der Waals surface area contributed by atoms with E-state index in [-0.39, 0.29) is 24.3 Å². The van der Waals surface area contributed by atoms with Crippen LogP contribution in [0.5, 0.6) is 0 Å². The zero-order valence-electron chi connectivity index (χ0n) is 13.3. The number of nitrogens with one attached hydrogen (secondary N) is 1. The van der Waals surface area contributed by atoms with Crippen molar-refractivity contribution in [1.82, 2.24) is 15.5 Å². The first-order valence-corrected chi connectivity index (χ1v) is 7.82. The third-order valence-electron chi connectivity index (χ3n) is 3.97. The highest BCUT2D eigenvalue weighted by Gasteiger charge is 2.16. The number of halogens is 2. The molecule has 2 heterocycles. The van der Waals surface area contributed by atoms with Gasteiger partial charge in [0.25, 0.3) is 0 Å². The van der Waals surface area contributed by atoms with Crippen molar-refractivity contribution in [2.24, 2.45) is 0 Å². The Hall–Kier alpha value is -2.28. The standard InChI is InChI=1S/C18H16FN3O2.ClH/c19-15-7-5-14(6-8-15)18-22-21-17(24-18)13-3-1-12(2-4-13)16-11-20-9-10-23-16;/h1-8,16,20H,9-11H2;1H/t16-;/m0./s1. The topological polar surface area (TPSA) is 60.2 Å². The molecule has 1 N–H and O–H groups in total. The Kier molecular flexibility index (Phi) is 5.43. The van der Waals surface area contributed by atoms with Crippen molar-refractivity contribution < 1.29 is 13.5 Å². The highest BCUT2D eigenvalue weighted by atomic mass is 35.5. The second-order valence-electron chi connectivity index (χ2n) is 5.60. The lowest BCUT2D eigenvalue weighted by molar-refractivity contribution is 0.0277. The van der Waals surface area contributed by atoms with Gasteiger partial charge < -0.3 is 14.5 Å². The molecule has 1 fully saturated rings. The maximum absolute atomic E-state index is 13.0. The van der Waals surface area contributed by atoms with Crippen molar-refractivity contribution in [3.8, 4) is 22.9 Å². The molecule has 0 unspecified atom stereocenters. The number of benzene rings is 2. The molecule has 0 bridgehead atoms. The number of hydrogen-bond donors (Lipinski definition) is 1. The molecule has 1 saturated heterocycles. The number of rotatable bonds is 3. The first kappa shape index (κ1) is 17.5. The molecule has 1 aliphatic rings. The minimum absolute atomic E-state index is 0. The average molecular weight is 362 g/mol. The van der Waals surface area contributed by atoms with Crippen LogP contribution in [-0.4, -0.2) is 29.9 Å². The molecule has 0 radical (unpaired) electrons. The zero-order chi connectivity index (χ0) is 16.4. The van der Waals surface area contributed by atoms with Gasteiger partial charge in [-0.1, -0.05) is 12.1 Å². The van der Waals surface area contributed by atoms with Gasteiger partial charge >= 0.3 is 0 Å². The molecule has 130 valence electrons. The Morgan fingerprint density at radius 2 is 1.52 bits per heavy atom. The highest BCUT2D eigenvalue weighted by Crippen LogP contribution is 2.26. The lowest BCUT2D eigenvalue weighted by atomic mass is 10.1. The molecule has 1 atom stereocenters. The molecule has 5 nitrogen and oxygen atoms in total. The minimum atomic E-state index is -0.298. The fraction of sp³-hybridized carbons (Fsp3) is 0.222. The fourth-order valence-corrected chi connectivity index (χ4v) is 2.67. The lowest BCUT2D eigenvalue weighted by Crippen LogP contribution is -2.33. The summed E-state index contributed by atoms with van der Waals surface area (Å²) in [6.45, 7) is 2.43. The van der Waals surface area contributed by atoms with E-state index in [1.165, 1.54) is 12.1 Å². The predicted octanol–water partition coefficient (Wildman–Crippen LogP) is 3.63. The van der Waals surface area contributed by atoms with Crippen molar-refractivity contribution in [3.05, 3.63) is 59.9 Å². The van der Waals surface area contributed by atoms with Crippen LogP contribution in [0.3, 0.4) is 0 Å². The molecule has 1 aliphatic heterocycles. The normalized spacial score (nSPS) is 17.1. The number of ether oxygens (including phenoxy) is 1. The van der Waals surface area contributed by atoms with Crippen LogP contribution in [0.2, 0.25) is 0 Å². The molecule has 7 heteroatoms. The van der Waals surface area contributed by atoms with Crippen LogP contribution in [0.25, 0.3) is 22.9 Å². The van der Waals surface area contributed by atoms with E-state index in [2.05, 4.69) is 15.5 Å². The Balaban J connectivity index is 0.00000182. The molecule has 2 aromatic carbocycles. The Morgan fingerprint density at radius 3 is 2.08 bits per heavy atom. The maximum Gasteiger partial charge on any atom is 0.248 e. The average Bonchev–Trinajstić information content (AvgIpc) is 3.13. The number of aromatic nitrogens is 2. The largest absolute Gasteiger partial charge is 0.416 e. The fourth-order valence-electron chi connectivity index (χ4n) is 2.67. The van der Waals surface area contributed by atoms with Crippen LogP contribution in [0, 0.1) is 5.82 Å². The van der Waals surface area contributed by atoms with Crippen molar-refractivity contribution in [2.45, 2.75) is 6.10 Å². The van der Waals surface area contributed by atoms with E-state index in [9.17, 15) is 4.39 Å². The second kappa shape index (κ2) is 7.74. The van der Waals surface area contributed by atoms with Crippen molar-refractivity contribution in [1.29, 1.82) is 0 Å². The van der Waals surface area contributed by atoms with Gasteiger partial charge in [0.1, 0.15) is 5.82 Å². The minimum Gasteiger partial charge on any atom is -0.416 e. The molecule has 0 spiro atoms. The van der Waals surface area contributed by atoms with Crippen LogP contribution in [0.1, 0.15) is 11.7 Å². The van der Waals surface area contributed by atoms with Crippen LogP contribution >= 0.6 is 12.4 Å². The lowest BCUT2D eigenvalue weighted by Gasteiger charge is -2.23. The van der Waals surface area contributed by atoms with Crippen molar-refractivity contribution >= 4 is 12.4 Å². The van der Waals surface area contributed by atoms with Crippen molar-refractivity contribution in [2.75, 3.05) is 19.7 Å². The van der Waals surface area contributed by atoms with Crippen LogP contribution in [0.4, 0.5) is 4.39 Å². The van der Waals surface area contributed by atoms with Crippen LogP contribution in [0.15, 0.2) is 52.9 Å². The molecule has 0 amide bonds. The summed E-state index contributed by atoms with van der Waals surface area (Å²) in [7, 11) is 0. The summed E-state index contributed by atoms with van der Waals surface area (Å²) in [4.78, 5) is 0. The quantitative estimate of drug-likeness (QED) is 0.772. The Bertz CT molecular complexity index is 815. The number of hydrogen-bond acceptors (Lipinski definition) is 5. The van der Waals surface area contributed by atoms with Gasteiger partial charge in [-0.25, -0.2) is 4.39 Å². The predicted molar refractivity (Wildman–Crippen MR) is 93.9 cm³/mol. The van der Waals surface area contributed by atoms with Gasteiger partial charge in [-0.2, -0.15) is 0 Å². The summed E-state index contributed by atoms with van der Waals surface area (Å²) < 4.78 is 24.4. The van der Waals surface area contributed by atoms with E-state index in [4.69, 9.17) is 9.15 Å². The van der Waals surface area contributed by atoms with E-state index in [1.54, 1.807) is 12.1 Å². The van der Waals surface area contributed by atoms with Crippen LogP contribution < -0.4 is 5.32 Å². The molecule has 0 aliphatic carbocycles. The van der Waals surface area contributed by atoms with Gasteiger partial charge in [0.05, 0.1) is 12.7 Å². The number of morpholine rings is 1. The molecule has 4 rings (SSSR count). The SMILES string of the molecule is Cl.Fc1ccc(-c2nnc(-c3ccc([C@@H]4CNCCO4)cc3)o2)cc1. The molecular formula is C18H17ClFN3O2. The first-order valence-electron chi connectivity index (χ1n) is 7.82. The second-order valence-corrected chi connectivity index (χ2v) is 5.60. The molecular weight excluding hydrogens is 345 g/mol. The van der Waals surface area contributed by atoms with Gasteiger partial charge in [-0.05, 0) is 42.0 Å². The molecule has 3 aromatic rings. The maximum atomic E-state index is 13.0. The zero-order valence-corrected chi connectivity index (χ0v) is 14.1. The van der Waals surface area contributed by atoms with E-state index >= 15 is 0 Å². The third kappa shape index (κ3) is 3.87. The summed E-state index contributed by atoms with van der Waals surface area (Å²) >= 11 is 0. The van der Waals surface area contributed by atoms with Gasteiger partial charge in [-0.15, -0.1) is 22.6 Å². The van der Waals surface area contributed by atoms with E-state index in [0.29, 0.717) is 17.3 Å². The summed E-state index contributed by atoms with van der Waals surface area (Å²) in [5.41, 5.74) is 2.64. The van der Waals surface area contributed by atoms with Gasteiger partial charge in [0.2, 0.25) is 11.8 Å². The van der Waals surface area contributed by atoms with E-state index < -0.39 is 0 Å². The summed E-state index contributed by atoms with van der Waals surface area (Å²) in [6, 6.07) is 13.9. The Labute approximate surface area is 150 Å². The monoisotopic (exact) mass is 361 g/mol. The smallest absolute Gasteiger partial charge is 0.248 e. The van der Waals surface area contributed by atoms with Gasteiger partial charge in [-0.3, -0.25) is 0 Å². The van der Waals surface area contributed by atoms with E-state index in [0.717, 1.165) is 30.8 Å². The molecule has 25 heavy (non-hydrogen) atoms. The first-order chi connectivity index (χ1) is 11.8. The van der Waals surface area contributed by atoms with Crippen LogP contribution in [-0.2, 0) is 4.74 Å². The summed E-state index contributed by atoms with van der Waals surface area (Å²) in [6.07, 6.45) is 0.0743. The highest BCUT2D eigenvalue weighted by molar-refractivity contribution is 5.85. The number of nitrogens with zero attached hydrogens (tertiary/aromatic N) is 2.